The zero-order chi connectivity index (χ0) is 21.9. The number of nitrogens with zero attached hydrogens (tertiary/aromatic N) is 12. The molecule has 0 saturated carbocycles. The average molecular weight is 408 g/mol. The van der Waals surface area contributed by atoms with E-state index in [0.29, 0.717) is 12.8 Å². The number of ether oxygens (including phenoxy) is 2. The second-order valence-corrected chi connectivity index (χ2v) is 5.47. The number of carbonyl (C=O) groups excluding carboxylic acids is 2. The van der Waals surface area contributed by atoms with E-state index in [2.05, 4.69) is 40.1 Å². The van der Waals surface area contributed by atoms with Crippen LogP contribution in [0, 0.1) is 5.92 Å². The van der Waals surface area contributed by atoms with Crippen molar-refractivity contribution in [2.45, 2.75) is 38.4 Å². The lowest BCUT2D eigenvalue weighted by Gasteiger charge is -2.21. The van der Waals surface area contributed by atoms with E-state index in [1.807, 2.05) is 6.92 Å². The molecule has 16 nitrogen and oxygen atoms in total. The van der Waals surface area contributed by atoms with Crippen LogP contribution in [0.4, 0.5) is 0 Å². The van der Waals surface area contributed by atoms with E-state index in [1.54, 1.807) is 0 Å². The number of hydrogen-bond acceptors (Lipinski definition) is 8. The number of azide groups is 4. The van der Waals surface area contributed by atoms with Crippen LogP contribution in [-0.4, -0.2) is 50.3 Å². The van der Waals surface area contributed by atoms with Crippen molar-refractivity contribution in [2.75, 3.05) is 26.2 Å². The van der Waals surface area contributed by atoms with Gasteiger partial charge in [0.15, 0.2) is 5.92 Å². The molecule has 0 aliphatic heterocycles. The maximum atomic E-state index is 12.5. The molecule has 0 saturated heterocycles. The highest BCUT2D eigenvalue weighted by atomic mass is 16.6. The van der Waals surface area contributed by atoms with Crippen LogP contribution in [0.25, 0.3) is 41.8 Å². The summed E-state index contributed by atoms with van der Waals surface area (Å²) in [7, 11) is 0. The van der Waals surface area contributed by atoms with Gasteiger partial charge in [-0.25, -0.2) is 0 Å². The molecule has 0 aromatic rings. The second-order valence-electron chi connectivity index (χ2n) is 5.47. The van der Waals surface area contributed by atoms with Crippen LogP contribution in [0.1, 0.15) is 26.2 Å². The molecular formula is C13H20N12O4. The van der Waals surface area contributed by atoms with E-state index in [9.17, 15) is 9.59 Å². The molecule has 0 aliphatic carbocycles. The minimum absolute atomic E-state index is 0.111. The highest BCUT2D eigenvalue weighted by molar-refractivity contribution is 5.95. The highest BCUT2D eigenvalue weighted by Crippen LogP contribution is 2.16. The molecule has 0 amide bonds. The van der Waals surface area contributed by atoms with Crippen molar-refractivity contribution >= 4 is 11.9 Å². The molecule has 16 heteroatoms. The number of unbranched alkanes of at least 4 members (excludes halogenated alkanes) is 1. The van der Waals surface area contributed by atoms with Crippen molar-refractivity contribution in [1.29, 1.82) is 0 Å². The Kier molecular flexibility index (Phi) is 14.2. The first-order valence-electron chi connectivity index (χ1n) is 8.48. The van der Waals surface area contributed by atoms with Gasteiger partial charge in [0, 0.05) is 19.6 Å². The van der Waals surface area contributed by atoms with Gasteiger partial charge in [-0.3, -0.25) is 9.59 Å². The van der Waals surface area contributed by atoms with E-state index in [-0.39, 0.29) is 32.6 Å². The molecule has 0 aromatic carbocycles. The molecule has 0 aromatic heterocycles. The van der Waals surface area contributed by atoms with Gasteiger partial charge in [0.05, 0.1) is 26.2 Å². The summed E-state index contributed by atoms with van der Waals surface area (Å²) in [4.78, 5) is 35.1. The molecule has 29 heavy (non-hydrogen) atoms. The van der Waals surface area contributed by atoms with E-state index in [1.165, 1.54) is 0 Å². The average Bonchev–Trinajstić information content (AvgIpc) is 2.72. The maximum absolute atomic E-state index is 12.5. The van der Waals surface area contributed by atoms with E-state index >= 15 is 0 Å². The lowest BCUT2D eigenvalue weighted by atomic mass is 10.0. The van der Waals surface area contributed by atoms with Crippen molar-refractivity contribution in [3.8, 4) is 0 Å². The van der Waals surface area contributed by atoms with Gasteiger partial charge in [-0.15, -0.1) is 0 Å². The minimum Gasteiger partial charge on any atom is -0.461 e. The van der Waals surface area contributed by atoms with Crippen LogP contribution in [0.15, 0.2) is 20.5 Å². The summed E-state index contributed by atoms with van der Waals surface area (Å²) in [5.74, 6) is -3.20. The van der Waals surface area contributed by atoms with Crippen molar-refractivity contribution in [3.05, 3.63) is 41.8 Å². The first-order valence-corrected chi connectivity index (χ1v) is 8.48. The van der Waals surface area contributed by atoms with Gasteiger partial charge in [-0.2, -0.15) is 0 Å². The molecule has 0 N–H and O–H groups in total. The molecule has 0 heterocycles. The van der Waals surface area contributed by atoms with Gasteiger partial charge in [-0.1, -0.05) is 40.2 Å². The summed E-state index contributed by atoms with van der Waals surface area (Å²) in [6.45, 7) is 0.715. The van der Waals surface area contributed by atoms with Crippen molar-refractivity contribution in [2.24, 2.45) is 26.4 Å². The first kappa shape index (κ1) is 25.2. The molecular weight excluding hydrogens is 388 g/mol. The third-order valence-corrected chi connectivity index (χ3v) is 3.38. The molecule has 0 atom stereocenters. The SMILES string of the molecule is CCCCC(C(=O)OC(CN=[N+]=[N-])CN=[N+]=[N-])C(=O)OC(CN=[N+]=[N-])CN=[N+]=[N-]. The second kappa shape index (κ2) is 16.4. The summed E-state index contributed by atoms with van der Waals surface area (Å²) in [6, 6.07) is 0. The lowest BCUT2D eigenvalue weighted by Crippen LogP contribution is -2.36. The van der Waals surface area contributed by atoms with E-state index in [0.717, 1.165) is 0 Å². The smallest absolute Gasteiger partial charge is 0.320 e. The van der Waals surface area contributed by atoms with Gasteiger partial charge < -0.3 is 9.47 Å². The predicted molar refractivity (Wildman–Crippen MR) is 98.8 cm³/mol. The Bertz CT molecular complexity index is 634. The Morgan fingerprint density at radius 1 is 0.759 bits per heavy atom. The van der Waals surface area contributed by atoms with Crippen LogP contribution >= 0.6 is 0 Å². The van der Waals surface area contributed by atoms with E-state index < -0.39 is 30.1 Å². The van der Waals surface area contributed by atoms with Gasteiger partial charge in [0.1, 0.15) is 12.2 Å². The Hall–Kier alpha value is -3.82. The third-order valence-electron chi connectivity index (χ3n) is 3.38. The minimum atomic E-state index is -1.31. The van der Waals surface area contributed by atoms with Gasteiger partial charge in [0.25, 0.3) is 0 Å². The number of esters is 2. The number of rotatable bonds is 15. The molecule has 0 aliphatic rings. The molecule has 0 radical (unpaired) electrons. The number of hydrogen-bond donors (Lipinski definition) is 0. The Labute approximate surface area is 164 Å². The third kappa shape index (κ3) is 11.5. The molecule has 0 bridgehead atoms. The van der Waals surface area contributed by atoms with Gasteiger partial charge >= 0.3 is 11.9 Å². The van der Waals surface area contributed by atoms with Crippen LogP contribution < -0.4 is 0 Å². The maximum Gasteiger partial charge on any atom is 0.320 e. The first-order chi connectivity index (χ1) is 14.0. The number of carbonyl (C=O) groups is 2. The normalized spacial score (nSPS) is 12.4. The molecule has 0 unspecified atom stereocenters. The summed E-state index contributed by atoms with van der Waals surface area (Å²) in [6.07, 6.45) is -0.802. The van der Waals surface area contributed by atoms with E-state index in [4.69, 9.17) is 31.6 Å². The summed E-state index contributed by atoms with van der Waals surface area (Å²) < 4.78 is 10.3. The quantitative estimate of drug-likeness (QED) is 0.128. The van der Waals surface area contributed by atoms with Crippen molar-refractivity contribution in [1.82, 2.24) is 0 Å². The largest absolute Gasteiger partial charge is 0.461 e. The highest BCUT2D eigenvalue weighted by Gasteiger charge is 2.32. The molecule has 0 rings (SSSR count). The predicted octanol–water partition coefficient (Wildman–Crippen LogP) is 3.86. The molecule has 0 fully saturated rings. The summed E-state index contributed by atoms with van der Waals surface area (Å²) >= 11 is 0. The summed E-state index contributed by atoms with van der Waals surface area (Å²) in [5.41, 5.74) is 33.6. The Balaban J connectivity index is 5.33. The monoisotopic (exact) mass is 408 g/mol. The van der Waals surface area contributed by atoms with Crippen molar-refractivity contribution in [3.63, 3.8) is 0 Å². The topological polar surface area (TPSA) is 248 Å². The van der Waals surface area contributed by atoms with Gasteiger partial charge in [-0.05, 0) is 28.5 Å². The Morgan fingerprint density at radius 2 is 1.10 bits per heavy atom. The zero-order valence-electron chi connectivity index (χ0n) is 15.7. The lowest BCUT2D eigenvalue weighted by molar-refractivity contribution is -0.167. The summed E-state index contributed by atoms with van der Waals surface area (Å²) in [5, 5.41) is 13.1. The fraction of sp³-hybridized carbons (Fsp3) is 0.846. The van der Waals surface area contributed by atoms with Crippen LogP contribution in [0.3, 0.4) is 0 Å². The molecule has 156 valence electrons. The zero-order valence-corrected chi connectivity index (χ0v) is 15.7. The fourth-order valence-corrected chi connectivity index (χ4v) is 2.01. The van der Waals surface area contributed by atoms with Gasteiger partial charge in [0.2, 0.25) is 0 Å². The van der Waals surface area contributed by atoms with Crippen LogP contribution in [0.2, 0.25) is 0 Å². The standard InChI is InChI=1S/C13H20N12O4/c1-2-3-4-11(12(26)28-9(5-18-22-14)6-19-23-15)13(27)29-10(7-20-24-16)8-21-25-17/h9-11H,2-8H2,1H3. The van der Waals surface area contributed by atoms with Crippen molar-refractivity contribution < 1.29 is 19.1 Å². The molecule has 0 spiro atoms. The Morgan fingerprint density at radius 3 is 1.38 bits per heavy atom. The van der Waals surface area contributed by atoms with Crippen LogP contribution in [0.5, 0.6) is 0 Å². The van der Waals surface area contributed by atoms with Crippen LogP contribution in [-0.2, 0) is 19.1 Å². The fourth-order valence-electron chi connectivity index (χ4n) is 2.01.